The largest absolute Gasteiger partial charge is 0.458 e. The molecule has 1 saturated heterocycles. The molecule has 0 spiro atoms. The van der Waals surface area contributed by atoms with Gasteiger partial charge in [-0.15, -0.1) is 23.2 Å². The number of esters is 1. The fraction of sp³-hybridized carbons (Fsp3) is 0.448. The van der Waals surface area contributed by atoms with Gasteiger partial charge in [-0.2, -0.15) is 4.31 Å². The Bertz CT molecular complexity index is 1580. The van der Waals surface area contributed by atoms with E-state index < -0.39 is 53.7 Å². The first-order chi connectivity index (χ1) is 19.9. The molecule has 2 aromatic carbocycles. The van der Waals surface area contributed by atoms with E-state index in [1.807, 2.05) is 0 Å². The molecular formula is C29H29BrCl4N2O6S. The minimum absolute atomic E-state index is 0.0320. The maximum Gasteiger partial charge on any atom is 0.407 e. The molecule has 14 heteroatoms. The summed E-state index contributed by atoms with van der Waals surface area (Å²) in [5, 5.41) is 2.81. The second-order valence-corrected chi connectivity index (χ2v) is 17.2. The molecule has 2 aliphatic carbocycles. The number of hydrogen-bond acceptors (Lipinski definition) is 6. The first kappa shape index (κ1) is 32.9. The van der Waals surface area contributed by atoms with Crippen molar-refractivity contribution in [1.29, 1.82) is 0 Å². The fourth-order valence-corrected chi connectivity index (χ4v) is 9.81. The van der Waals surface area contributed by atoms with Gasteiger partial charge in [0.25, 0.3) is 0 Å². The summed E-state index contributed by atoms with van der Waals surface area (Å²) in [6, 6.07) is 13.7. The standard InChI is InChI=1S/C29H29BrCl4N2O6S/c1-26(2,3)42-25(38)35-22-15-36(43(39,40)20-11-9-19(30)10-12-20)14-21-18(16-41-24(37)17-7-5-4-6-8-17)13-27(31)28(32,23(21)22)29(27,33)34/h4-12,22-23H,13-16H2,1-3H3,(H,35,38)/t22-,23+,27+,28-/m0/s1. The number of nitrogens with one attached hydrogen (secondary N) is 1. The predicted octanol–water partition coefficient (Wildman–Crippen LogP) is 6.66. The Morgan fingerprint density at radius 3 is 2.28 bits per heavy atom. The van der Waals surface area contributed by atoms with Gasteiger partial charge in [0.15, 0.2) is 4.33 Å². The van der Waals surface area contributed by atoms with Gasteiger partial charge in [-0.1, -0.05) is 57.3 Å². The summed E-state index contributed by atoms with van der Waals surface area (Å²) in [7, 11) is -4.06. The number of alkyl carbamates (subject to hydrolysis) is 1. The summed E-state index contributed by atoms with van der Waals surface area (Å²) in [5.74, 6) is -1.39. The van der Waals surface area contributed by atoms with Crippen molar-refractivity contribution in [2.45, 2.75) is 57.8 Å². The van der Waals surface area contributed by atoms with Gasteiger partial charge in [-0.25, -0.2) is 18.0 Å². The number of nitrogens with zero attached hydrogens (tertiary/aromatic N) is 1. The molecule has 2 aromatic rings. The molecule has 232 valence electrons. The van der Waals surface area contributed by atoms with Crippen LogP contribution >= 0.6 is 62.3 Å². The van der Waals surface area contributed by atoms with Crippen LogP contribution in [0.1, 0.15) is 37.6 Å². The Morgan fingerprint density at radius 2 is 1.67 bits per heavy atom. The molecule has 0 aromatic heterocycles. The SMILES string of the molecule is CC(C)(C)OC(=O)N[C@H]1CN(S(=O)(=O)c2ccc(Br)cc2)CC2=C(COC(=O)c3ccccc3)C[C@]3(Cl)C(Cl)(Cl)[C@]3(Cl)[C@H]21. The zero-order valence-electron chi connectivity index (χ0n) is 23.4. The van der Waals surface area contributed by atoms with Gasteiger partial charge in [-0.05, 0) is 74.7 Å². The molecule has 0 radical (unpaired) electrons. The van der Waals surface area contributed by atoms with Crippen molar-refractivity contribution in [2.24, 2.45) is 5.92 Å². The zero-order valence-corrected chi connectivity index (χ0v) is 28.8. The summed E-state index contributed by atoms with van der Waals surface area (Å²) in [6.45, 7) is 4.63. The average molecular weight is 755 g/mol. The van der Waals surface area contributed by atoms with Crippen LogP contribution in [0.25, 0.3) is 0 Å². The molecule has 2 fully saturated rings. The van der Waals surface area contributed by atoms with Crippen LogP contribution in [0.4, 0.5) is 4.79 Å². The van der Waals surface area contributed by atoms with Crippen molar-refractivity contribution >= 4 is 84.4 Å². The highest BCUT2D eigenvalue weighted by molar-refractivity contribution is 9.10. The molecule has 8 nitrogen and oxygen atoms in total. The van der Waals surface area contributed by atoms with Crippen molar-refractivity contribution in [3.8, 4) is 0 Å². The third-order valence-electron chi connectivity index (χ3n) is 7.87. The fourth-order valence-electron chi connectivity index (χ4n) is 5.84. The number of ether oxygens (including phenoxy) is 2. The van der Waals surface area contributed by atoms with E-state index in [9.17, 15) is 18.0 Å². The minimum atomic E-state index is -4.06. The van der Waals surface area contributed by atoms with Crippen molar-refractivity contribution in [3.05, 3.63) is 75.8 Å². The van der Waals surface area contributed by atoms with E-state index in [4.69, 9.17) is 55.9 Å². The number of rotatable bonds is 6. The van der Waals surface area contributed by atoms with E-state index >= 15 is 0 Å². The maximum absolute atomic E-state index is 13.9. The van der Waals surface area contributed by atoms with E-state index in [0.717, 1.165) is 0 Å². The van der Waals surface area contributed by atoms with Crippen LogP contribution < -0.4 is 5.32 Å². The number of amides is 1. The van der Waals surface area contributed by atoms with Gasteiger partial charge in [0.05, 0.1) is 16.5 Å². The van der Waals surface area contributed by atoms with E-state index in [1.54, 1.807) is 63.2 Å². The second-order valence-electron chi connectivity index (χ2n) is 11.8. The van der Waals surface area contributed by atoms with Crippen LogP contribution in [0.2, 0.25) is 0 Å². The lowest BCUT2D eigenvalue weighted by molar-refractivity contribution is 0.0469. The summed E-state index contributed by atoms with van der Waals surface area (Å²) in [4.78, 5) is 23.1. The lowest BCUT2D eigenvalue weighted by Gasteiger charge is -2.46. The van der Waals surface area contributed by atoms with Crippen LogP contribution in [0.3, 0.4) is 0 Å². The predicted molar refractivity (Wildman–Crippen MR) is 170 cm³/mol. The zero-order chi connectivity index (χ0) is 31.6. The van der Waals surface area contributed by atoms with Gasteiger partial charge in [0, 0.05) is 23.5 Å². The number of piperidine rings is 1. The van der Waals surface area contributed by atoms with Crippen LogP contribution in [-0.2, 0) is 19.5 Å². The van der Waals surface area contributed by atoms with Crippen LogP contribution in [0.5, 0.6) is 0 Å². The molecule has 4 atom stereocenters. The topological polar surface area (TPSA) is 102 Å². The highest BCUT2D eigenvalue weighted by Crippen LogP contribution is 2.80. The Labute approximate surface area is 279 Å². The van der Waals surface area contributed by atoms with Gasteiger partial charge in [-0.3, -0.25) is 0 Å². The first-order valence-corrected chi connectivity index (χ1v) is 17.1. The van der Waals surface area contributed by atoms with E-state index in [1.165, 1.54) is 16.4 Å². The summed E-state index contributed by atoms with van der Waals surface area (Å²) >= 11 is 31.1. The number of benzene rings is 2. The van der Waals surface area contributed by atoms with Gasteiger partial charge >= 0.3 is 12.1 Å². The number of hydrogen-bond donors (Lipinski definition) is 1. The molecule has 0 bridgehead atoms. The third kappa shape index (κ3) is 5.70. The Hall–Kier alpha value is -1.53. The number of fused-ring (bicyclic) bond motifs is 3. The second kappa shape index (κ2) is 11.4. The average Bonchev–Trinajstić information content (AvgIpc) is 3.29. The van der Waals surface area contributed by atoms with E-state index in [-0.39, 0.29) is 31.0 Å². The monoisotopic (exact) mass is 752 g/mol. The van der Waals surface area contributed by atoms with Crippen LogP contribution in [-0.4, -0.2) is 70.2 Å². The summed E-state index contributed by atoms with van der Waals surface area (Å²) in [5.41, 5.74) is 0.552. The lowest BCUT2D eigenvalue weighted by Crippen LogP contribution is -2.60. The number of sulfonamides is 1. The number of carbonyl (C=O) groups excluding carboxylic acids is 2. The molecule has 5 rings (SSSR count). The normalized spacial score (nSPS) is 28.4. The number of carbonyl (C=O) groups is 2. The van der Waals surface area contributed by atoms with Crippen molar-refractivity contribution in [2.75, 3.05) is 19.7 Å². The van der Waals surface area contributed by atoms with E-state index in [0.29, 0.717) is 21.2 Å². The van der Waals surface area contributed by atoms with Gasteiger partial charge < -0.3 is 14.8 Å². The molecule has 1 aliphatic heterocycles. The molecule has 0 unspecified atom stereocenters. The Kier molecular flexibility index (Phi) is 8.69. The smallest absolute Gasteiger partial charge is 0.407 e. The molecule has 1 saturated carbocycles. The molecule has 3 aliphatic rings. The van der Waals surface area contributed by atoms with E-state index in [2.05, 4.69) is 21.2 Å². The highest BCUT2D eigenvalue weighted by atomic mass is 79.9. The number of alkyl halides is 4. The summed E-state index contributed by atoms with van der Waals surface area (Å²) in [6.07, 6.45) is -0.747. The van der Waals surface area contributed by atoms with Crippen molar-refractivity contribution in [1.82, 2.24) is 9.62 Å². The Morgan fingerprint density at radius 1 is 1.05 bits per heavy atom. The first-order valence-electron chi connectivity index (χ1n) is 13.4. The van der Waals surface area contributed by atoms with Gasteiger partial charge in [0.2, 0.25) is 10.0 Å². The highest BCUT2D eigenvalue weighted by Gasteiger charge is 2.91. The summed E-state index contributed by atoms with van der Waals surface area (Å²) < 4.78 is 39.3. The Balaban J connectivity index is 1.57. The number of halogens is 5. The van der Waals surface area contributed by atoms with Crippen molar-refractivity contribution in [3.63, 3.8) is 0 Å². The maximum atomic E-state index is 13.9. The van der Waals surface area contributed by atoms with Crippen LogP contribution in [0.15, 0.2) is 75.1 Å². The molecular weight excluding hydrogens is 726 g/mol. The molecule has 43 heavy (non-hydrogen) atoms. The van der Waals surface area contributed by atoms with Crippen molar-refractivity contribution < 1.29 is 27.5 Å². The van der Waals surface area contributed by atoms with Gasteiger partial charge in [0.1, 0.15) is 22.0 Å². The van der Waals surface area contributed by atoms with Crippen LogP contribution in [0, 0.1) is 5.92 Å². The lowest BCUT2D eigenvalue weighted by atomic mass is 9.75. The quantitative estimate of drug-likeness (QED) is 0.201. The minimum Gasteiger partial charge on any atom is -0.458 e. The molecule has 1 heterocycles. The third-order valence-corrected chi connectivity index (χ3v) is 13.5. The molecule has 1 N–H and O–H groups in total. The molecule has 1 amide bonds.